The summed E-state index contributed by atoms with van der Waals surface area (Å²) in [6, 6.07) is 9.56. The average Bonchev–Trinajstić information content (AvgIpc) is 2.87. The number of nitrogens with zero attached hydrogens (tertiary/aromatic N) is 1. The number of alkyl halides is 3. The zero-order valence-electron chi connectivity index (χ0n) is 15.6. The van der Waals surface area contributed by atoms with E-state index >= 15 is 0 Å². The van der Waals surface area contributed by atoms with Gasteiger partial charge in [-0.25, -0.2) is 4.90 Å². The molecule has 1 aliphatic rings. The van der Waals surface area contributed by atoms with Crippen LogP contribution in [-0.2, 0) is 15.8 Å². The largest absolute Gasteiger partial charge is 0.416 e. The normalized spacial score (nSPS) is 15.0. The highest BCUT2D eigenvalue weighted by Crippen LogP contribution is 2.39. The van der Waals surface area contributed by atoms with E-state index in [0.717, 1.165) is 40.3 Å². The summed E-state index contributed by atoms with van der Waals surface area (Å²) >= 11 is 1.26. The van der Waals surface area contributed by atoms with Crippen LogP contribution in [0.1, 0.15) is 29.2 Å². The van der Waals surface area contributed by atoms with Crippen LogP contribution in [-0.4, -0.2) is 17.6 Å². The van der Waals surface area contributed by atoms with Gasteiger partial charge in [0.05, 0.1) is 21.7 Å². The number of halogens is 3. The molecule has 0 aliphatic carbocycles. The lowest BCUT2D eigenvalue weighted by Crippen LogP contribution is -2.31. The standard InChI is InChI=1S/C21H18F3NO2S/c1-4-28-18-17(14-6-5-12(2)13(3)11-14)19(26)25(20(18)27)16-9-7-15(8-10-16)21(22,23)24/h5-11H,4H2,1-3H3. The zero-order chi connectivity index (χ0) is 20.6. The highest BCUT2D eigenvalue weighted by atomic mass is 32.2. The number of amides is 2. The van der Waals surface area contributed by atoms with E-state index in [2.05, 4.69) is 0 Å². The van der Waals surface area contributed by atoms with Gasteiger partial charge in [-0.15, -0.1) is 11.8 Å². The summed E-state index contributed by atoms with van der Waals surface area (Å²) in [7, 11) is 0. The van der Waals surface area contributed by atoms with Crippen molar-refractivity contribution in [3.05, 3.63) is 69.6 Å². The zero-order valence-corrected chi connectivity index (χ0v) is 16.4. The molecule has 0 fully saturated rings. The summed E-state index contributed by atoms with van der Waals surface area (Å²) in [4.78, 5) is 27.3. The predicted octanol–water partition coefficient (Wildman–Crippen LogP) is 5.36. The second-order valence-electron chi connectivity index (χ2n) is 6.43. The number of anilines is 1. The number of aryl methyl sites for hydroxylation is 2. The Morgan fingerprint density at radius 3 is 2.11 bits per heavy atom. The van der Waals surface area contributed by atoms with Crippen molar-refractivity contribution < 1.29 is 22.8 Å². The van der Waals surface area contributed by atoms with Crippen LogP contribution in [0.2, 0.25) is 0 Å². The van der Waals surface area contributed by atoms with Crippen LogP contribution in [0.15, 0.2) is 47.4 Å². The maximum atomic E-state index is 13.1. The van der Waals surface area contributed by atoms with Crippen LogP contribution in [0.5, 0.6) is 0 Å². The molecule has 1 aliphatic heterocycles. The van der Waals surface area contributed by atoms with E-state index in [1.807, 2.05) is 32.9 Å². The monoisotopic (exact) mass is 405 g/mol. The van der Waals surface area contributed by atoms with E-state index in [1.54, 1.807) is 6.07 Å². The minimum absolute atomic E-state index is 0.121. The summed E-state index contributed by atoms with van der Waals surface area (Å²) in [6.45, 7) is 5.74. The fourth-order valence-electron chi connectivity index (χ4n) is 2.97. The van der Waals surface area contributed by atoms with Crippen LogP contribution in [0.25, 0.3) is 5.57 Å². The molecule has 0 aromatic heterocycles. The van der Waals surface area contributed by atoms with Crippen molar-refractivity contribution in [1.82, 2.24) is 0 Å². The molecule has 146 valence electrons. The second kappa shape index (κ2) is 7.47. The Labute approximate surface area is 165 Å². The molecule has 28 heavy (non-hydrogen) atoms. The molecular formula is C21H18F3NO2S. The lowest BCUT2D eigenvalue weighted by molar-refractivity contribution is -0.137. The third kappa shape index (κ3) is 3.58. The van der Waals surface area contributed by atoms with Crippen molar-refractivity contribution in [2.45, 2.75) is 26.9 Å². The van der Waals surface area contributed by atoms with Gasteiger partial charge in [0.15, 0.2) is 0 Å². The average molecular weight is 405 g/mol. The number of hydrogen-bond donors (Lipinski definition) is 0. The summed E-state index contributed by atoms with van der Waals surface area (Å²) in [5.74, 6) is -0.447. The van der Waals surface area contributed by atoms with E-state index in [1.165, 1.54) is 11.8 Å². The van der Waals surface area contributed by atoms with Crippen LogP contribution in [0, 0.1) is 13.8 Å². The van der Waals surface area contributed by atoms with Gasteiger partial charge in [-0.1, -0.05) is 25.1 Å². The second-order valence-corrected chi connectivity index (χ2v) is 7.70. The SMILES string of the molecule is CCSC1=C(c2ccc(C)c(C)c2)C(=O)N(c2ccc(C(F)(F)F)cc2)C1=O. The smallest absolute Gasteiger partial charge is 0.268 e. The number of hydrogen-bond acceptors (Lipinski definition) is 3. The minimum atomic E-state index is -4.48. The molecule has 2 aromatic rings. The van der Waals surface area contributed by atoms with Gasteiger partial charge in [-0.2, -0.15) is 13.2 Å². The molecule has 0 saturated carbocycles. The molecule has 0 radical (unpaired) electrons. The lowest BCUT2D eigenvalue weighted by Gasteiger charge is -2.16. The topological polar surface area (TPSA) is 37.4 Å². The minimum Gasteiger partial charge on any atom is -0.268 e. The Hall–Kier alpha value is -2.54. The first-order valence-corrected chi connectivity index (χ1v) is 9.64. The first-order chi connectivity index (χ1) is 13.1. The van der Waals surface area contributed by atoms with Crippen LogP contribution < -0.4 is 4.90 Å². The van der Waals surface area contributed by atoms with Crippen molar-refractivity contribution >= 4 is 34.8 Å². The van der Waals surface area contributed by atoms with Crippen molar-refractivity contribution in [2.24, 2.45) is 0 Å². The van der Waals surface area contributed by atoms with Gasteiger partial charge in [0.2, 0.25) is 0 Å². The molecule has 0 unspecified atom stereocenters. The lowest BCUT2D eigenvalue weighted by atomic mass is 10.0. The maximum Gasteiger partial charge on any atom is 0.416 e. The molecule has 3 nitrogen and oxygen atoms in total. The molecule has 2 amide bonds. The van der Waals surface area contributed by atoms with Gasteiger partial charge >= 0.3 is 6.18 Å². The highest BCUT2D eigenvalue weighted by molar-refractivity contribution is 8.04. The maximum absolute atomic E-state index is 13.1. The van der Waals surface area contributed by atoms with Crippen molar-refractivity contribution in [3.63, 3.8) is 0 Å². The Balaban J connectivity index is 2.05. The fraction of sp³-hybridized carbons (Fsp3) is 0.238. The van der Waals surface area contributed by atoms with Crippen LogP contribution >= 0.6 is 11.8 Å². The number of rotatable bonds is 4. The van der Waals surface area contributed by atoms with Gasteiger partial charge in [0, 0.05) is 0 Å². The Morgan fingerprint density at radius 1 is 0.929 bits per heavy atom. The number of carbonyl (C=O) groups is 2. The molecular weight excluding hydrogens is 387 g/mol. The summed E-state index contributed by atoms with van der Waals surface area (Å²) in [6.07, 6.45) is -4.48. The van der Waals surface area contributed by atoms with E-state index < -0.39 is 23.6 Å². The third-order valence-corrected chi connectivity index (χ3v) is 5.53. The van der Waals surface area contributed by atoms with Gasteiger partial charge < -0.3 is 0 Å². The van der Waals surface area contributed by atoms with Crippen LogP contribution in [0.4, 0.5) is 18.9 Å². The number of imide groups is 1. The van der Waals surface area contributed by atoms with Gasteiger partial charge in [-0.05, 0) is 60.6 Å². The molecule has 0 spiro atoms. The Bertz CT molecular complexity index is 978. The van der Waals surface area contributed by atoms with E-state index in [0.29, 0.717) is 21.8 Å². The first kappa shape index (κ1) is 20.2. The molecule has 1 heterocycles. The van der Waals surface area contributed by atoms with Gasteiger partial charge in [0.25, 0.3) is 11.8 Å². The summed E-state index contributed by atoms with van der Waals surface area (Å²) in [5.41, 5.74) is 2.26. The van der Waals surface area contributed by atoms with E-state index in [4.69, 9.17) is 0 Å². The quantitative estimate of drug-likeness (QED) is 0.643. The molecule has 0 N–H and O–H groups in total. The number of thioether (sulfide) groups is 1. The molecule has 3 rings (SSSR count). The van der Waals surface area contributed by atoms with Gasteiger partial charge in [-0.3, -0.25) is 9.59 Å². The Kier molecular flexibility index (Phi) is 5.39. The van der Waals surface area contributed by atoms with Crippen molar-refractivity contribution in [2.75, 3.05) is 10.7 Å². The Morgan fingerprint density at radius 2 is 1.57 bits per heavy atom. The molecule has 0 atom stereocenters. The fourth-order valence-corrected chi connectivity index (χ4v) is 3.83. The van der Waals surface area contributed by atoms with E-state index in [9.17, 15) is 22.8 Å². The highest BCUT2D eigenvalue weighted by Gasteiger charge is 2.40. The first-order valence-electron chi connectivity index (χ1n) is 8.66. The van der Waals surface area contributed by atoms with Gasteiger partial charge in [0.1, 0.15) is 0 Å². The predicted molar refractivity (Wildman–Crippen MR) is 105 cm³/mol. The van der Waals surface area contributed by atoms with Crippen molar-refractivity contribution in [1.29, 1.82) is 0 Å². The molecule has 2 aromatic carbocycles. The van der Waals surface area contributed by atoms with Crippen molar-refractivity contribution in [3.8, 4) is 0 Å². The number of benzene rings is 2. The molecule has 7 heteroatoms. The molecule has 0 bridgehead atoms. The molecule has 0 saturated heterocycles. The van der Waals surface area contributed by atoms with E-state index in [-0.39, 0.29) is 5.69 Å². The third-order valence-electron chi connectivity index (χ3n) is 4.58. The number of carbonyl (C=O) groups excluding carboxylic acids is 2. The summed E-state index contributed by atoms with van der Waals surface area (Å²) in [5, 5.41) is 0. The summed E-state index contributed by atoms with van der Waals surface area (Å²) < 4.78 is 38.4. The van der Waals surface area contributed by atoms with Crippen LogP contribution in [0.3, 0.4) is 0 Å².